The average molecular weight is 252 g/mol. The standard InChI is InChI=1S/C14H20O4/c1-11-7-14(15)18-13(11)9-17-10-16-8-12-5-3-2-4-6-12/h2-6,11,13-15H,7-10H2,1H3/t11-,13+,14?/m0/s1. The second-order valence-corrected chi connectivity index (χ2v) is 4.66. The lowest BCUT2D eigenvalue weighted by Crippen LogP contribution is -2.22. The molecule has 1 aromatic rings. The van der Waals surface area contributed by atoms with Crippen LogP contribution in [0, 0.1) is 5.92 Å². The van der Waals surface area contributed by atoms with E-state index < -0.39 is 6.29 Å². The molecule has 1 heterocycles. The Morgan fingerprint density at radius 3 is 2.72 bits per heavy atom. The predicted molar refractivity (Wildman–Crippen MR) is 66.7 cm³/mol. The number of rotatable bonds is 6. The third-order valence-electron chi connectivity index (χ3n) is 3.10. The van der Waals surface area contributed by atoms with E-state index in [-0.39, 0.29) is 12.9 Å². The van der Waals surface area contributed by atoms with Crippen LogP contribution in [0.1, 0.15) is 18.9 Å². The first-order valence-corrected chi connectivity index (χ1v) is 6.28. The Morgan fingerprint density at radius 2 is 2.06 bits per heavy atom. The number of hydrogen-bond acceptors (Lipinski definition) is 4. The van der Waals surface area contributed by atoms with E-state index in [1.165, 1.54) is 0 Å². The summed E-state index contributed by atoms with van der Waals surface area (Å²) in [4.78, 5) is 0. The summed E-state index contributed by atoms with van der Waals surface area (Å²) in [7, 11) is 0. The minimum absolute atomic E-state index is 0.0275. The number of ether oxygens (including phenoxy) is 3. The molecule has 1 fully saturated rings. The highest BCUT2D eigenvalue weighted by molar-refractivity contribution is 5.13. The molecule has 1 unspecified atom stereocenters. The average Bonchev–Trinajstić information content (AvgIpc) is 2.69. The summed E-state index contributed by atoms with van der Waals surface area (Å²) >= 11 is 0. The lowest BCUT2D eigenvalue weighted by molar-refractivity contribution is -0.135. The van der Waals surface area contributed by atoms with Gasteiger partial charge in [-0.1, -0.05) is 37.3 Å². The van der Waals surface area contributed by atoms with Crippen molar-refractivity contribution in [1.82, 2.24) is 0 Å². The quantitative estimate of drug-likeness (QED) is 0.620. The van der Waals surface area contributed by atoms with Crippen molar-refractivity contribution in [3.8, 4) is 0 Å². The zero-order valence-corrected chi connectivity index (χ0v) is 10.6. The zero-order valence-electron chi connectivity index (χ0n) is 10.6. The highest BCUT2D eigenvalue weighted by Crippen LogP contribution is 2.24. The molecule has 0 amide bonds. The summed E-state index contributed by atoms with van der Waals surface area (Å²) in [6, 6.07) is 9.96. The molecule has 0 saturated carbocycles. The Bertz CT molecular complexity index is 341. The molecule has 1 saturated heterocycles. The minimum Gasteiger partial charge on any atom is -0.368 e. The molecule has 0 radical (unpaired) electrons. The molecule has 1 aliphatic rings. The van der Waals surface area contributed by atoms with Crippen LogP contribution in [0.5, 0.6) is 0 Å². The Hall–Kier alpha value is -0.940. The molecule has 4 nitrogen and oxygen atoms in total. The predicted octanol–water partition coefficient (Wildman–Crippen LogP) is 1.92. The van der Waals surface area contributed by atoms with Crippen molar-refractivity contribution >= 4 is 0 Å². The fraction of sp³-hybridized carbons (Fsp3) is 0.571. The van der Waals surface area contributed by atoms with Crippen LogP contribution in [0.25, 0.3) is 0 Å². The Labute approximate surface area is 107 Å². The molecular formula is C14H20O4. The van der Waals surface area contributed by atoms with Crippen molar-refractivity contribution in [1.29, 1.82) is 0 Å². The van der Waals surface area contributed by atoms with Gasteiger partial charge >= 0.3 is 0 Å². The fourth-order valence-corrected chi connectivity index (χ4v) is 2.02. The summed E-state index contributed by atoms with van der Waals surface area (Å²) in [5.41, 5.74) is 1.13. The van der Waals surface area contributed by atoms with Crippen LogP contribution in [-0.2, 0) is 20.8 Å². The van der Waals surface area contributed by atoms with E-state index in [1.807, 2.05) is 30.3 Å². The molecule has 18 heavy (non-hydrogen) atoms. The molecule has 100 valence electrons. The first kappa shape index (κ1) is 13.5. The third kappa shape index (κ3) is 4.07. The van der Waals surface area contributed by atoms with Crippen LogP contribution >= 0.6 is 0 Å². The second-order valence-electron chi connectivity index (χ2n) is 4.66. The Kier molecular flexibility index (Phi) is 5.13. The largest absolute Gasteiger partial charge is 0.368 e. The number of aliphatic hydroxyl groups excluding tert-OH is 1. The van der Waals surface area contributed by atoms with Crippen molar-refractivity contribution in [3.05, 3.63) is 35.9 Å². The lowest BCUT2D eigenvalue weighted by Gasteiger charge is -2.14. The van der Waals surface area contributed by atoms with Crippen LogP contribution in [0.2, 0.25) is 0 Å². The van der Waals surface area contributed by atoms with Gasteiger partial charge in [0, 0.05) is 6.42 Å². The monoisotopic (exact) mass is 252 g/mol. The summed E-state index contributed by atoms with van der Waals surface area (Å²) in [6.45, 7) is 3.31. The molecule has 1 N–H and O–H groups in total. The fourth-order valence-electron chi connectivity index (χ4n) is 2.02. The van der Waals surface area contributed by atoms with Crippen molar-refractivity contribution in [2.45, 2.75) is 32.3 Å². The van der Waals surface area contributed by atoms with Gasteiger partial charge in [0.2, 0.25) is 0 Å². The van der Waals surface area contributed by atoms with Gasteiger partial charge in [-0.15, -0.1) is 0 Å². The molecule has 4 heteroatoms. The van der Waals surface area contributed by atoms with Crippen LogP contribution in [0.3, 0.4) is 0 Å². The van der Waals surface area contributed by atoms with Crippen molar-refractivity contribution in [3.63, 3.8) is 0 Å². The Morgan fingerprint density at radius 1 is 1.28 bits per heavy atom. The minimum atomic E-state index is -0.640. The maximum atomic E-state index is 9.31. The SMILES string of the molecule is C[C@H]1CC(O)O[C@@H]1COCOCc1ccccc1. The highest BCUT2D eigenvalue weighted by Gasteiger charge is 2.30. The topological polar surface area (TPSA) is 47.9 Å². The molecule has 3 atom stereocenters. The summed E-state index contributed by atoms with van der Waals surface area (Å²) < 4.78 is 16.1. The molecule has 2 rings (SSSR count). The van der Waals surface area contributed by atoms with E-state index in [9.17, 15) is 5.11 Å². The maximum Gasteiger partial charge on any atom is 0.155 e. The van der Waals surface area contributed by atoms with Gasteiger partial charge in [0.1, 0.15) is 6.79 Å². The summed E-state index contributed by atoms with van der Waals surface area (Å²) in [5, 5.41) is 9.31. The molecule has 1 aliphatic heterocycles. The van der Waals surface area contributed by atoms with E-state index in [4.69, 9.17) is 14.2 Å². The van der Waals surface area contributed by atoms with Crippen LogP contribution in [0.4, 0.5) is 0 Å². The molecule has 0 bridgehead atoms. The van der Waals surface area contributed by atoms with Crippen molar-refractivity contribution in [2.24, 2.45) is 5.92 Å². The van der Waals surface area contributed by atoms with Gasteiger partial charge in [-0.2, -0.15) is 0 Å². The summed E-state index contributed by atoms with van der Waals surface area (Å²) in [5.74, 6) is 0.328. The van der Waals surface area contributed by atoms with Crippen LogP contribution < -0.4 is 0 Å². The van der Waals surface area contributed by atoms with Gasteiger partial charge in [-0.25, -0.2) is 0 Å². The number of hydrogen-bond donors (Lipinski definition) is 1. The third-order valence-corrected chi connectivity index (χ3v) is 3.10. The lowest BCUT2D eigenvalue weighted by atomic mass is 10.1. The van der Waals surface area contributed by atoms with Gasteiger partial charge in [-0.3, -0.25) is 0 Å². The molecule has 0 aliphatic carbocycles. The second kappa shape index (κ2) is 6.85. The van der Waals surface area contributed by atoms with Gasteiger partial charge in [0.05, 0.1) is 19.3 Å². The molecular weight excluding hydrogens is 232 g/mol. The highest BCUT2D eigenvalue weighted by atomic mass is 16.7. The van der Waals surface area contributed by atoms with Gasteiger partial charge in [0.15, 0.2) is 6.29 Å². The van der Waals surface area contributed by atoms with Gasteiger partial charge in [-0.05, 0) is 11.5 Å². The number of aliphatic hydroxyl groups is 1. The first-order chi connectivity index (χ1) is 8.75. The molecule has 0 spiro atoms. The van der Waals surface area contributed by atoms with Crippen LogP contribution in [0.15, 0.2) is 30.3 Å². The van der Waals surface area contributed by atoms with E-state index in [0.717, 1.165) is 5.56 Å². The van der Waals surface area contributed by atoms with E-state index in [2.05, 4.69) is 6.92 Å². The van der Waals surface area contributed by atoms with Crippen molar-refractivity contribution < 1.29 is 19.3 Å². The van der Waals surface area contributed by atoms with Gasteiger partial charge in [0.25, 0.3) is 0 Å². The van der Waals surface area contributed by atoms with Gasteiger partial charge < -0.3 is 19.3 Å². The van der Waals surface area contributed by atoms with Crippen molar-refractivity contribution in [2.75, 3.05) is 13.4 Å². The number of benzene rings is 1. The first-order valence-electron chi connectivity index (χ1n) is 6.28. The zero-order chi connectivity index (χ0) is 12.8. The molecule has 1 aromatic carbocycles. The normalized spacial score (nSPS) is 27.6. The summed E-state index contributed by atoms with van der Waals surface area (Å²) in [6.07, 6.45) is 0.0120. The van der Waals surface area contributed by atoms with Crippen LogP contribution in [-0.4, -0.2) is 30.9 Å². The molecule has 0 aromatic heterocycles. The van der Waals surface area contributed by atoms with E-state index in [1.54, 1.807) is 0 Å². The van der Waals surface area contributed by atoms with E-state index in [0.29, 0.717) is 25.6 Å². The maximum absolute atomic E-state index is 9.31. The van der Waals surface area contributed by atoms with E-state index >= 15 is 0 Å². The Balaban J connectivity index is 1.57. The smallest absolute Gasteiger partial charge is 0.155 e.